The van der Waals surface area contributed by atoms with Gasteiger partial charge >= 0.3 is 6.01 Å². The van der Waals surface area contributed by atoms with Crippen LogP contribution in [0.2, 0.25) is 0 Å². The van der Waals surface area contributed by atoms with E-state index in [1.165, 1.54) is 5.56 Å². The molecule has 88 valence electrons. The van der Waals surface area contributed by atoms with Crippen molar-refractivity contribution in [3.05, 3.63) is 41.5 Å². The first-order chi connectivity index (χ1) is 8.17. The van der Waals surface area contributed by atoms with Gasteiger partial charge in [-0.1, -0.05) is 4.68 Å². The van der Waals surface area contributed by atoms with E-state index in [0.29, 0.717) is 12.6 Å². The van der Waals surface area contributed by atoms with Crippen molar-refractivity contribution in [2.24, 2.45) is 0 Å². The minimum atomic E-state index is 0.382. The van der Waals surface area contributed by atoms with E-state index in [2.05, 4.69) is 22.0 Å². The van der Waals surface area contributed by atoms with Crippen molar-refractivity contribution in [1.29, 1.82) is 0 Å². The Kier molecular flexibility index (Phi) is 3.27. The van der Waals surface area contributed by atoms with Gasteiger partial charge in [-0.3, -0.25) is 0 Å². The molecule has 2 heterocycles. The summed E-state index contributed by atoms with van der Waals surface area (Å²) in [4.78, 5) is 8.13. The zero-order valence-electron chi connectivity index (χ0n) is 10.2. The van der Waals surface area contributed by atoms with E-state index in [0.717, 1.165) is 11.3 Å². The van der Waals surface area contributed by atoms with Crippen LogP contribution in [0.25, 0.3) is 0 Å². The second kappa shape index (κ2) is 4.86. The Labute approximate surface area is 100 Å². The maximum atomic E-state index is 4.91. The average Bonchev–Trinajstić information content (AvgIpc) is 2.28. The van der Waals surface area contributed by atoms with Gasteiger partial charge in [-0.2, -0.15) is 0 Å². The van der Waals surface area contributed by atoms with Crippen molar-refractivity contribution >= 4 is 0 Å². The third kappa shape index (κ3) is 2.96. The zero-order valence-corrected chi connectivity index (χ0v) is 10.2. The van der Waals surface area contributed by atoms with Crippen LogP contribution in [0.5, 0.6) is 6.01 Å². The van der Waals surface area contributed by atoms with Crippen LogP contribution in [-0.2, 0) is 6.54 Å². The molecular weight excluding hydrogens is 216 g/mol. The van der Waals surface area contributed by atoms with Crippen molar-refractivity contribution in [3.8, 4) is 6.01 Å². The van der Waals surface area contributed by atoms with Gasteiger partial charge in [0.05, 0.1) is 12.7 Å². The fourth-order valence-corrected chi connectivity index (χ4v) is 1.66. The number of aryl methyl sites for hydroxylation is 2. The highest BCUT2D eigenvalue weighted by molar-refractivity contribution is 5.08. The molecule has 0 atom stereocenters. The molecule has 0 unspecified atom stereocenters. The minimum Gasteiger partial charge on any atom is -0.467 e. The number of ether oxygens (including phenoxy) is 1. The van der Waals surface area contributed by atoms with E-state index in [4.69, 9.17) is 4.74 Å². The minimum absolute atomic E-state index is 0.382. The van der Waals surface area contributed by atoms with Crippen LogP contribution in [0, 0.1) is 13.8 Å². The molecule has 2 rings (SSSR count). The van der Waals surface area contributed by atoms with Crippen LogP contribution < -0.4 is 9.42 Å². The molecular formula is C12H15N4O+. The molecule has 0 aliphatic heterocycles. The standard InChI is InChI=1S/C12H15N4O/c1-9-4-10(2)15-16(7-9)8-11-5-13-12(17-3)14-6-11/h4-7H,8H2,1-3H3/q+1. The number of hydrogen-bond acceptors (Lipinski definition) is 4. The van der Waals surface area contributed by atoms with Crippen LogP contribution >= 0.6 is 0 Å². The van der Waals surface area contributed by atoms with Gasteiger partial charge in [0.25, 0.3) is 0 Å². The summed E-state index contributed by atoms with van der Waals surface area (Å²) in [7, 11) is 1.55. The molecule has 0 saturated heterocycles. The number of methoxy groups -OCH3 is 1. The summed E-state index contributed by atoms with van der Waals surface area (Å²) >= 11 is 0. The Hall–Kier alpha value is -2.04. The first-order valence-electron chi connectivity index (χ1n) is 5.37. The van der Waals surface area contributed by atoms with Crippen molar-refractivity contribution in [3.63, 3.8) is 0 Å². The molecule has 0 aliphatic carbocycles. The normalized spacial score (nSPS) is 10.3. The molecule has 0 N–H and O–H groups in total. The Morgan fingerprint density at radius 1 is 1.24 bits per heavy atom. The average molecular weight is 231 g/mol. The Morgan fingerprint density at radius 3 is 2.53 bits per heavy atom. The highest BCUT2D eigenvalue weighted by Crippen LogP contribution is 2.01. The van der Waals surface area contributed by atoms with Crippen molar-refractivity contribution < 1.29 is 9.42 Å². The molecule has 0 aromatic carbocycles. The summed E-state index contributed by atoms with van der Waals surface area (Å²) in [6, 6.07) is 2.42. The lowest BCUT2D eigenvalue weighted by Gasteiger charge is -1.99. The van der Waals surface area contributed by atoms with Gasteiger partial charge < -0.3 is 4.74 Å². The first-order valence-corrected chi connectivity index (χ1v) is 5.37. The molecule has 17 heavy (non-hydrogen) atoms. The predicted octanol–water partition coefficient (Wildman–Crippen LogP) is 0.833. The lowest BCUT2D eigenvalue weighted by Crippen LogP contribution is -2.39. The van der Waals surface area contributed by atoms with Crippen LogP contribution in [-0.4, -0.2) is 22.2 Å². The van der Waals surface area contributed by atoms with Crippen molar-refractivity contribution in [1.82, 2.24) is 15.1 Å². The SMILES string of the molecule is COc1ncc(C[n+]2cc(C)cc(C)n2)cn1. The molecule has 0 saturated carbocycles. The molecule has 0 radical (unpaired) electrons. The van der Waals surface area contributed by atoms with Crippen LogP contribution in [0.15, 0.2) is 24.7 Å². The maximum Gasteiger partial charge on any atom is 0.316 e. The number of rotatable bonds is 3. The van der Waals surface area contributed by atoms with E-state index in [1.54, 1.807) is 19.5 Å². The fourth-order valence-electron chi connectivity index (χ4n) is 1.66. The molecule has 2 aromatic heterocycles. The van der Waals surface area contributed by atoms with Gasteiger partial charge in [-0.25, -0.2) is 9.97 Å². The van der Waals surface area contributed by atoms with E-state index in [1.807, 2.05) is 23.9 Å². The summed E-state index contributed by atoms with van der Waals surface area (Å²) in [5.41, 5.74) is 3.18. The molecule has 0 fully saturated rings. The first kappa shape index (κ1) is 11.4. The third-order valence-electron chi connectivity index (χ3n) is 2.28. The molecule has 5 heteroatoms. The monoisotopic (exact) mass is 231 g/mol. The molecule has 0 bridgehead atoms. The number of nitrogens with zero attached hydrogens (tertiary/aromatic N) is 4. The van der Waals surface area contributed by atoms with Gasteiger partial charge in [0, 0.05) is 18.0 Å². The van der Waals surface area contributed by atoms with E-state index in [-0.39, 0.29) is 0 Å². The van der Waals surface area contributed by atoms with Gasteiger partial charge in [0.15, 0.2) is 6.20 Å². The molecule has 0 aliphatic rings. The third-order valence-corrected chi connectivity index (χ3v) is 2.28. The van der Waals surface area contributed by atoms with Gasteiger partial charge in [-0.05, 0) is 25.0 Å². The predicted molar refractivity (Wildman–Crippen MR) is 61.6 cm³/mol. The molecule has 0 amide bonds. The summed E-state index contributed by atoms with van der Waals surface area (Å²) in [5.74, 6) is 0. The second-order valence-corrected chi connectivity index (χ2v) is 3.93. The van der Waals surface area contributed by atoms with Gasteiger partial charge in [0.1, 0.15) is 5.69 Å². The Bertz CT molecular complexity index is 490. The Balaban J connectivity index is 2.19. The quantitative estimate of drug-likeness (QED) is 0.734. The molecule has 0 spiro atoms. The van der Waals surface area contributed by atoms with Gasteiger partial charge in [0.2, 0.25) is 6.54 Å². The smallest absolute Gasteiger partial charge is 0.316 e. The number of hydrogen-bond donors (Lipinski definition) is 0. The van der Waals surface area contributed by atoms with E-state index >= 15 is 0 Å². The lowest BCUT2D eigenvalue weighted by atomic mass is 10.3. The zero-order chi connectivity index (χ0) is 12.3. The lowest BCUT2D eigenvalue weighted by molar-refractivity contribution is -0.747. The fraction of sp³-hybridized carbons (Fsp3) is 0.333. The van der Waals surface area contributed by atoms with Crippen LogP contribution in [0.4, 0.5) is 0 Å². The maximum absolute atomic E-state index is 4.91. The molecule has 2 aromatic rings. The Morgan fingerprint density at radius 2 is 1.94 bits per heavy atom. The number of aromatic nitrogens is 4. The summed E-state index contributed by atoms with van der Waals surface area (Å²) in [6.45, 7) is 4.69. The van der Waals surface area contributed by atoms with E-state index < -0.39 is 0 Å². The summed E-state index contributed by atoms with van der Waals surface area (Å²) < 4.78 is 6.80. The largest absolute Gasteiger partial charge is 0.467 e. The summed E-state index contributed by atoms with van der Waals surface area (Å²) in [6.07, 6.45) is 5.49. The highest BCUT2D eigenvalue weighted by atomic mass is 16.5. The highest BCUT2D eigenvalue weighted by Gasteiger charge is 2.08. The van der Waals surface area contributed by atoms with Crippen LogP contribution in [0.1, 0.15) is 16.8 Å². The van der Waals surface area contributed by atoms with Crippen molar-refractivity contribution in [2.75, 3.05) is 7.11 Å². The van der Waals surface area contributed by atoms with Gasteiger partial charge in [-0.15, -0.1) is 0 Å². The van der Waals surface area contributed by atoms with Crippen LogP contribution in [0.3, 0.4) is 0 Å². The van der Waals surface area contributed by atoms with Crippen molar-refractivity contribution in [2.45, 2.75) is 20.4 Å². The van der Waals surface area contributed by atoms with E-state index in [9.17, 15) is 0 Å². The topological polar surface area (TPSA) is 51.8 Å². The molecule has 5 nitrogen and oxygen atoms in total. The summed E-state index contributed by atoms with van der Waals surface area (Å²) in [5, 5.41) is 4.40. The second-order valence-electron chi connectivity index (χ2n) is 3.93.